The normalized spacial score (nSPS) is 21.4. The van der Waals surface area contributed by atoms with Gasteiger partial charge in [0.05, 0.1) is 6.54 Å². The topological polar surface area (TPSA) is 66.5 Å². The number of amides is 3. The third-order valence-electron chi connectivity index (χ3n) is 5.44. The van der Waals surface area contributed by atoms with Crippen LogP contribution in [0.15, 0.2) is 42.5 Å². The molecule has 1 saturated heterocycles. The average molecular weight is 384 g/mol. The molecule has 1 aliphatic carbocycles. The molecule has 0 aromatic heterocycles. The first kappa shape index (κ1) is 18.3. The van der Waals surface area contributed by atoms with E-state index in [9.17, 15) is 23.2 Å². The molecule has 1 unspecified atom stereocenters. The van der Waals surface area contributed by atoms with Crippen molar-refractivity contribution in [3.05, 3.63) is 70.8 Å². The van der Waals surface area contributed by atoms with Crippen LogP contribution in [0.25, 0.3) is 0 Å². The summed E-state index contributed by atoms with van der Waals surface area (Å²) in [4.78, 5) is 39.2. The number of urea groups is 1. The number of hydrogen-bond acceptors (Lipinski definition) is 3. The van der Waals surface area contributed by atoms with E-state index in [2.05, 4.69) is 5.32 Å². The molecule has 1 heterocycles. The van der Waals surface area contributed by atoms with Crippen LogP contribution in [0.3, 0.4) is 0 Å². The van der Waals surface area contributed by atoms with Crippen molar-refractivity contribution in [3.63, 3.8) is 0 Å². The molecule has 2 aliphatic rings. The predicted octanol–water partition coefficient (Wildman–Crippen LogP) is 3.32. The van der Waals surface area contributed by atoms with Gasteiger partial charge in [-0.1, -0.05) is 24.3 Å². The fraction of sp³-hybridized carbons (Fsp3) is 0.286. The second kappa shape index (κ2) is 6.82. The first-order chi connectivity index (χ1) is 13.4. The number of Topliss-reactive ketones (excluding diaryl/α,β-unsaturated/α-hetero) is 1. The molecule has 1 fully saturated rings. The van der Waals surface area contributed by atoms with Crippen LogP contribution in [0.2, 0.25) is 0 Å². The van der Waals surface area contributed by atoms with Gasteiger partial charge >= 0.3 is 6.03 Å². The standard InChI is InChI=1S/C21H18F2N2O3/c22-16-9-8-14(11-17(16)23)18(26)12-25-19(27)21(24-20(25)28)10-4-3-6-13-5-1-2-7-15(13)21/h1-2,5,7-9,11H,3-4,6,10,12H2,(H,24,28). The van der Waals surface area contributed by atoms with Gasteiger partial charge < -0.3 is 5.32 Å². The lowest BCUT2D eigenvalue weighted by Gasteiger charge is -2.27. The average Bonchev–Trinajstić information content (AvgIpc) is 2.83. The molecule has 0 bridgehead atoms. The van der Waals surface area contributed by atoms with Crippen LogP contribution in [0.4, 0.5) is 13.6 Å². The van der Waals surface area contributed by atoms with E-state index in [0.717, 1.165) is 53.5 Å². The molecular formula is C21H18F2N2O3. The summed E-state index contributed by atoms with van der Waals surface area (Å²) in [7, 11) is 0. The Morgan fingerprint density at radius 1 is 1.07 bits per heavy atom. The summed E-state index contributed by atoms with van der Waals surface area (Å²) in [6, 6.07) is 9.58. The van der Waals surface area contributed by atoms with Crippen LogP contribution in [0, 0.1) is 11.6 Å². The Labute approximate surface area is 160 Å². The van der Waals surface area contributed by atoms with Crippen LogP contribution in [0.1, 0.15) is 40.7 Å². The summed E-state index contributed by atoms with van der Waals surface area (Å²) in [6.45, 7) is -0.528. The molecule has 1 atom stereocenters. The number of hydrogen-bond donors (Lipinski definition) is 1. The van der Waals surface area contributed by atoms with Gasteiger partial charge in [0.2, 0.25) is 0 Å². The van der Waals surface area contributed by atoms with Crippen molar-refractivity contribution < 1.29 is 23.2 Å². The molecule has 1 aliphatic heterocycles. The van der Waals surface area contributed by atoms with Gasteiger partial charge in [0.25, 0.3) is 5.91 Å². The number of nitrogens with zero attached hydrogens (tertiary/aromatic N) is 1. The van der Waals surface area contributed by atoms with Gasteiger partial charge in [0.1, 0.15) is 5.54 Å². The number of carbonyl (C=O) groups excluding carboxylic acids is 3. The van der Waals surface area contributed by atoms with E-state index >= 15 is 0 Å². The van der Waals surface area contributed by atoms with Crippen molar-refractivity contribution in [2.45, 2.75) is 31.2 Å². The zero-order valence-corrected chi connectivity index (χ0v) is 15.0. The van der Waals surface area contributed by atoms with Crippen molar-refractivity contribution in [2.24, 2.45) is 0 Å². The van der Waals surface area contributed by atoms with Gasteiger partial charge in [-0.2, -0.15) is 0 Å². The first-order valence-electron chi connectivity index (χ1n) is 9.13. The number of imide groups is 1. The molecular weight excluding hydrogens is 366 g/mol. The van der Waals surface area contributed by atoms with Crippen molar-refractivity contribution in [2.75, 3.05) is 6.54 Å². The highest BCUT2D eigenvalue weighted by atomic mass is 19.2. The van der Waals surface area contributed by atoms with Crippen LogP contribution < -0.4 is 5.32 Å². The van der Waals surface area contributed by atoms with E-state index in [1.807, 2.05) is 24.3 Å². The summed E-state index contributed by atoms with van der Waals surface area (Å²) in [5.74, 6) is -3.35. The molecule has 0 saturated carbocycles. The summed E-state index contributed by atoms with van der Waals surface area (Å²) in [5, 5.41) is 2.79. The molecule has 0 radical (unpaired) electrons. The smallest absolute Gasteiger partial charge is 0.319 e. The summed E-state index contributed by atoms with van der Waals surface area (Å²) >= 11 is 0. The highest BCUT2D eigenvalue weighted by molar-refractivity contribution is 6.11. The molecule has 5 nitrogen and oxygen atoms in total. The SMILES string of the molecule is O=C(CN1C(=O)NC2(CCCCc3ccccc32)C1=O)c1ccc(F)c(F)c1. The highest BCUT2D eigenvalue weighted by Crippen LogP contribution is 2.39. The van der Waals surface area contributed by atoms with Crippen LogP contribution in [-0.4, -0.2) is 29.2 Å². The third kappa shape index (κ3) is 2.87. The third-order valence-corrected chi connectivity index (χ3v) is 5.44. The van der Waals surface area contributed by atoms with E-state index in [4.69, 9.17) is 0 Å². The van der Waals surface area contributed by atoms with Crippen molar-refractivity contribution >= 4 is 17.7 Å². The maximum absolute atomic E-state index is 13.4. The van der Waals surface area contributed by atoms with Crippen LogP contribution >= 0.6 is 0 Å². The van der Waals surface area contributed by atoms with Gasteiger partial charge in [0, 0.05) is 5.56 Å². The van der Waals surface area contributed by atoms with Crippen LogP contribution in [-0.2, 0) is 16.8 Å². The van der Waals surface area contributed by atoms with Gasteiger partial charge in [-0.25, -0.2) is 13.6 Å². The Kier molecular flexibility index (Phi) is 4.45. The minimum absolute atomic E-state index is 0.0956. The fourth-order valence-corrected chi connectivity index (χ4v) is 4.02. The fourth-order valence-electron chi connectivity index (χ4n) is 4.02. The second-order valence-corrected chi connectivity index (χ2v) is 7.14. The largest absolute Gasteiger partial charge is 0.325 e. The maximum Gasteiger partial charge on any atom is 0.325 e. The lowest BCUT2D eigenvalue weighted by Crippen LogP contribution is -2.44. The van der Waals surface area contributed by atoms with Crippen LogP contribution in [0.5, 0.6) is 0 Å². The maximum atomic E-state index is 13.4. The Balaban J connectivity index is 1.64. The van der Waals surface area contributed by atoms with Crippen molar-refractivity contribution in [3.8, 4) is 0 Å². The van der Waals surface area contributed by atoms with E-state index in [1.54, 1.807) is 0 Å². The molecule has 144 valence electrons. The summed E-state index contributed by atoms with van der Waals surface area (Å²) in [6.07, 6.45) is 2.92. The predicted molar refractivity (Wildman–Crippen MR) is 96.6 cm³/mol. The molecule has 1 spiro atoms. The Morgan fingerprint density at radius 3 is 2.64 bits per heavy atom. The number of fused-ring (bicyclic) bond motifs is 2. The Bertz CT molecular complexity index is 991. The van der Waals surface area contributed by atoms with Gasteiger partial charge in [-0.3, -0.25) is 14.5 Å². The van der Waals surface area contributed by atoms with Gasteiger partial charge in [-0.05, 0) is 55.0 Å². The van der Waals surface area contributed by atoms with Gasteiger partial charge in [-0.15, -0.1) is 0 Å². The zero-order valence-electron chi connectivity index (χ0n) is 15.0. The van der Waals surface area contributed by atoms with E-state index in [1.165, 1.54) is 0 Å². The monoisotopic (exact) mass is 384 g/mol. The Hall–Kier alpha value is -3.09. The van der Waals surface area contributed by atoms with E-state index in [0.29, 0.717) is 6.42 Å². The lowest BCUT2D eigenvalue weighted by molar-refractivity contribution is -0.131. The number of ketones is 1. The first-order valence-corrected chi connectivity index (χ1v) is 9.13. The summed E-state index contributed by atoms with van der Waals surface area (Å²) in [5.41, 5.74) is 0.483. The second-order valence-electron chi connectivity index (χ2n) is 7.14. The Morgan fingerprint density at radius 2 is 1.86 bits per heavy atom. The summed E-state index contributed by atoms with van der Waals surface area (Å²) < 4.78 is 26.5. The molecule has 1 N–H and O–H groups in total. The van der Waals surface area contributed by atoms with E-state index in [-0.39, 0.29) is 5.56 Å². The molecule has 2 aromatic rings. The number of halogens is 2. The van der Waals surface area contributed by atoms with Crippen molar-refractivity contribution in [1.29, 1.82) is 0 Å². The number of nitrogens with one attached hydrogen (secondary N) is 1. The molecule has 4 rings (SSSR count). The number of carbonyl (C=O) groups is 3. The number of benzene rings is 2. The number of rotatable bonds is 3. The number of aryl methyl sites for hydroxylation is 1. The minimum atomic E-state index is -1.18. The highest BCUT2D eigenvalue weighted by Gasteiger charge is 2.53. The molecule has 3 amide bonds. The van der Waals surface area contributed by atoms with Gasteiger partial charge in [0.15, 0.2) is 17.4 Å². The quantitative estimate of drug-likeness (QED) is 0.652. The van der Waals surface area contributed by atoms with E-state index < -0.39 is 41.4 Å². The van der Waals surface area contributed by atoms with Crippen molar-refractivity contribution in [1.82, 2.24) is 10.2 Å². The minimum Gasteiger partial charge on any atom is -0.319 e. The molecule has 7 heteroatoms. The molecule has 28 heavy (non-hydrogen) atoms. The molecule has 2 aromatic carbocycles. The lowest BCUT2D eigenvalue weighted by atomic mass is 9.84. The zero-order chi connectivity index (χ0) is 19.9.